The van der Waals surface area contributed by atoms with E-state index in [4.69, 9.17) is 15.3 Å². The van der Waals surface area contributed by atoms with Crippen LogP contribution >= 0.6 is 0 Å². The number of aliphatic hydroxyl groups excluding tert-OH is 1. The highest BCUT2D eigenvalue weighted by molar-refractivity contribution is 6.33. The lowest BCUT2D eigenvalue weighted by molar-refractivity contribution is -0.150. The minimum absolute atomic E-state index is 0.345. The summed E-state index contributed by atoms with van der Waals surface area (Å²) in [5.74, 6) is -3.56. The Kier molecular flexibility index (Phi) is 8.46. The fourth-order valence-corrected chi connectivity index (χ4v) is 0.396. The lowest BCUT2D eigenvalue weighted by atomic mass is 10.0. The predicted octanol–water partition coefficient (Wildman–Crippen LogP) is 0.138. The van der Waals surface area contributed by atoms with E-state index in [1.165, 1.54) is 6.92 Å². The van der Waals surface area contributed by atoms with Crippen LogP contribution in [0, 0.1) is 5.92 Å². The Morgan fingerprint density at radius 2 is 1.47 bits per heavy atom. The van der Waals surface area contributed by atoms with Gasteiger partial charge in [0.2, 0.25) is 5.78 Å². The van der Waals surface area contributed by atoms with Crippen molar-refractivity contribution < 1.29 is 29.7 Å². The van der Waals surface area contributed by atoms with Crippen molar-refractivity contribution in [1.29, 1.82) is 0 Å². The summed E-state index contributed by atoms with van der Waals surface area (Å²) < 4.78 is 0. The topological polar surface area (TPSA) is 112 Å². The Labute approximate surface area is 87.5 Å². The first-order chi connectivity index (χ1) is 6.73. The van der Waals surface area contributed by atoms with Gasteiger partial charge in [-0.25, -0.2) is 9.59 Å². The number of aliphatic hydroxyl groups is 1. The number of rotatable bonds is 4. The van der Waals surface area contributed by atoms with Crippen LogP contribution in [0.2, 0.25) is 0 Å². The normalized spacial score (nSPS) is 13.1. The Morgan fingerprint density at radius 1 is 1.13 bits per heavy atom. The maximum Gasteiger partial charge on any atom is 0.372 e. The molecule has 6 nitrogen and oxygen atoms in total. The third-order valence-electron chi connectivity index (χ3n) is 1.63. The van der Waals surface area contributed by atoms with Crippen molar-refractivity contribution in [1.82, 2.24) is 0 Å². The molecule has 15 heavy (non-hydrogen) atoms. The first-order valence-corrected chi connectivity index (χ1v) is 4.42. The van der Waals surface area contributed by atoms with Crippen molar-refractivity contribution in [2.24, 2.45) is 5.92 Å². The molecular weight excluding hydrogens is 204 g/mol. The van der Waals surface area contributed by atoms with E-state index >= 15 is 0 Å². The van der Waals surface area contributed by atoms with E-state index in [9.17, 15) is 14.4 Å². The van der Waals surface area contributed by atoms with Gasteiger partial charge in [-0.15, -0.1) is 0 Å². The van der Waals surface area contributed by atoms with E-state index < -0.39 is 23.8 Å². The molecule has 0 saturated carbocycles. The molecule has 0 aromatic carbocycles. The monoisotopic (exact) mass is 220 g/mol. The molecular formula is C9H16O6. The average molecular weight is 220 g/mol. The van der Waals surface area contributed by atoms with Gasteiger partial charge in [-0.2, -0.15) is 0 Å². The highest BCUT2D eigenvalue weighted by Gasteiger charge is 2.17. The van der Waals surface area contributed by atoms with E-state index in [2.05, 4.69) is 0 Å². The van der Waals surface area contributed by atoms with Gasteiger partial charge in [0.25, 0.3) is 0 Å². The molecule has 6 heteroatoms. The third-order valence-corrected chi connectivity index (χ3v) is 1.63. The standard InChI is InChI=1S/C6H10O3.C3H6O3/c1-3-4(2)5(7)6(8)9;1-2(4)3(5)6/h4H,3H2,1-2H3,(H,8,9);2,4H,1H3,(H,5,6)/t;2-/m.0/s1. The summed E-state index contributed by atoms with van der Waals surface area (Å²) in [4.78, 5) is 29.9. The first-order valence-electron chi connectivity index (χ1n) is 4.42. The zero-order valence-corrected chi connectivity index (χ0v) is 8.93. The lowest BCUT2D eigenvalue weighted by Crippen LogP contribution is -2.19. The highest BCUT2D eigenvalue weighted by Crippen LogP contribution is 2.00. The third kappa shape index (κ3) is 8.89. The number of carboxylic acids is 2. The van der Waals surface area contributed by atoms with Gasteiger partial charge in [0.15, 0.2) is 0 Å². The van der Waals surface area contributed by atoms with Crippen LogP contribution in [-0.2, 0) is 14.4 Å². The summed E-state index contributed by atoms with van der Waals surface area (Å²) >= 11 is 0. The molecule has 0 aromatic heterocycles. The Hall–Kier alpha value is -1.43. The quantitative estimate of drug-likeness (QED) is 0.581. The van der Waals surface area contributed by atoms with Gasteiger partial charge in [0.05, 0.1) is 0 Å². The number of carbonyl (C=O) groups excluding carboxylic acids is 1. The van der Waals surface area contributed by atoms with Crippen LogP contribution in [0.15, 0.2) is 0 Å². The second-order valence-corrected chi connectivity index (χ2v) is 2.99. The van der Waals surface area contributed by atoms with E-state index in [-0.39, 0.29) is 5.92 Å². The Balaban J connectivity index is 0. The minimum Gasteiger partial charge on any atom is -0.479 e. The van der Waals surface area contributed by atoms with Gasteiger partial charge in [-0.3, -0.25) is 4.79 Å². The maximum absolute atomic E-state index is 10.5. The molecule has 0 aliphatic carbocycles. The maximum atomic E-state index is 10.5. The number of ketones is 1. The van der Waals surface area contributed by atoms with E-state index in [1.807, 2.05) is 0 Å². The molecule has 0 heterocycles. The summed E-state index contributed by atoms with van der Waals surface area (Å²) in [5.41, 5.74) is 0. The summed E-state index contributed by atoms with van der Waals surface area (Å²) in [7, 11) is 0. The molecule has 0 fully saturated rings. The Bertz CT molecular complexity index is 233. The van der Waals surface area contributed by atoms with E-state index in [0.717, 1.165) is 0 Å². The fraction of sp³-hybridized carbons (Fsp3) is 0.667. The molecule has 0 amide bonds. The molecule has 0 aliphatic heterocycles. The zero-order valence-electron chi connectivity index (χ0n) is 8.93. The number of hydrogen-bond acceptors (Lipinski definition) is 4. The Morgan fingerprint density at radius 3 is 1.53 bits per heavy atom. The molecule has 0 saturated heterocycles. The second-order valence-electron chi connectivity index (χ2n) is 2.99. The van der Waals surface area contributed by atoms with Gasteiger partial charge in [0.1, 0.15) is 6.10 Å². The summed E-state index contributed by atoms with van der Waals surface area (Å²) in [6, 6.07) is 0. The lowest BCUT2D eigenvalue weighted by Gasteiger charge is -1.99. The molecule has 0 aromatic rings. The molecule has 2 atom stereocenters. The molecule has 88 valence electrons. The zero-order chi connectivity index (χ0) is 12.6. The average Bonchev–Trinajstić information content (AvgIpc) is 2.16. The number of carboxylic acid groups (broad SMARTS) is 2. The van der Waals surface area contributed by atoms with E-state index in [0.29, 0.717) is 6.42 Å². The molecule has 1 unspecified atom stereocenters. The van der Waals surface area contributed by atoms with Crippen LogP contribution < -0.4 is 0 Å². The van der Waals surface area contributed by atoms with Crippen molar-refractivity contribution >= 4 is 17.7 Å². The van der Waals surface area contributed by atoms with Crippen LogP contribution in [-0.4, -0.2) is 39.1 Å². The molecule has 0 spiro atoms. The number of Topliss-reactive ketones (excluding diaryl/α,β-unsaturated/α-hetero) is 1. The van der Waals surface area contributed by atoms with Crippen molar-refractivity contribution in [3.63, 3.8) is 0 Å². The van der Waals surface area contributed by atoms with Crippen molar-refractivity contribution in [3.05, 3.63) is 0 Å². The predicted molar refractivity (Wildman–Crippen MR) is 51.4 cm³/mol. The molecule has 0 aliphatic rings. The van der Waals surface area contributed by atoms with Crippen molar-refractivity contribution in [3.8, 4) is 0 Å². The van der Waals surface area contributed by atoms with E-state index in [1.54, 1.807) is 13.8 Å². The first kappa shape index (κ1) is 16.0. The summed E-state index contributed by atoms with van der Waals surface area (Å²) in [5, 5.41) is 23.9. The molecule has 0 rings (SSSR count). The van der Waals surface area contributed by atoms with Gasteiger partial charge in [0, 0.05) is 5.92 Å². The number of aliphatic carboxylic acids is 2. The van der Waals surface area contributed by atoms with Gasteiger partial charge in [-0.05, 0) is 13.3 Å². The fourth-order valence-electron chi connectivity index (χ4n) is 0.396. The van der Waals surface area contributed by atoms with Crippen molar-refractivity contribution in [2.75, 3.05) is 0 Å². The smallest absolute Gasteiger partial charge is 0.372 e. The van der Waals surface area contributed by atoms with Crippen LogP contribution in [0.5, 0.6) is 0 Å². The minimum atomic E-state index is -1.33. The van der Waals surface area contributed by atoms with Crippen molar-refractivity contribution in [2.45, 2.75) is 33.3 Å². The SMILES string of the molecule is CCC(C)C(=O)C(=O)O.C[C@H](O)C(=O)O. The number of carbonyl (C=O) groups is 3. The van der Waals surface area contributed by atoms with Crippen LogP contribution in [0.4, 0.5) is 0 Å². The van der Waals surface area contributed by atoms with Gasteiger partial charge >= 0.3 is 11.9 Å². The number of hydrogen-bond donors (Lipinski definition) is 3. The molecule has 0 radical (unpaired) electrons. The molecule has 0 bridgehead atoms. The van der Waals surface area contributed by atoms with Gasteiger partial charge in [-0.1, -0.05) is 13.8 Å². The summed E-state index contributed by atoms with van der Waals surface area (Å²) in [6.07, 6.45) is -0.643. The van der Waals surface area contributed by atoms with Gasteiger partial charge < -0.3 is 15.3 Å². The largest absolute Gasteiger partial charge is 0.479 e. The second kappa shape index (κ2) is 7.93. The van der Waals surface area contributed by atoms with Crippen LogP contribution in [0.3, 0.4) is 0 Å². The molecule has 3 N–H and O–H groups in total. The van der Waals surface area contributed by atoms with Crippen LogP contribution in [0.25, 0.3) is 0 Å². The summed E-state index contributed by atoms with van der Waals surface area (Å²) in [6.45, 7) is 4.59. The highest BCUT2D eigenvalue weighted by atomic mass is 16.4. The van der Waals surface area contributed by atoms with Crippen LogP contribution in [0.1, 0.15) is 27.2 Å².